The molecule has 44 heavy (non-hydrogen) atoms. The molecule has 1 fully saturated rings. The number of benzene rings is 3. The van der Waals surface area contributed by atoms with Crippen molar-refractivity contribution >= 4 is 28.2 Å². The van der Waals surface area contributed by atoms with E-state index in [9.17, 15) is 9.90 Å². The number of nitrogens with zero attached hydrogens (tertiary/aromatic N) is 5. The number of rotatable bonds is 10. The van der Waals surface area contributed by atoms with Crippen LogP contribution in [-0.4, -0.2) is 84.9 Å². The Morgan fingerprint density at radius 3 is 2.64 bits per heavy atom. The van der Waals surface area contributed by atoms with Gasteiger partial charge in [0.2, 0.25) is 0 Å². The summed E-state index contributed by atoms with van der Waals surface area (Å²) in [5, 5.41) is 15.7. The van der Waals surface area contributed by atoms with Gasteiger partial charge < -0.3 is 34.6 Å². The normalized spacial score (nSPS) is 18.4. The van der Waals surface area contributed by atoms with Gasteiger partial charge in [-0.15, -0.1) is 0 Å². The van der Waals surface area contributed by atoms with Gasteiger partial charge in [-0.05, 0) is 44.5 Å². The van der Waals surface area contributed by atoms with Crippen molar-refractivity contribution in [2.45, 2.75) is 32.0 Å². The van der Waals surface area contributed by atoms with Gasteiger partial charge in [0.05, 0.1) is 12.2 Å². The number of ether oxygens (including phenoxy) is 2. The van der Waals surface area contributed by atoms with Gasteiger partial charge in [0.1, 0.15) is 30.3 Å². The molecule has 0 bridgehead atoms. The number of carboxylic acid groups (broad SMARTS) is 1. The molecular formula is C34H40N6O4. The molecule has 2 aliphatic heterocycles. The van der Waals surface area contributed by atoms with E-state index in [1.54, 1.807) is 6.92 Å². The molecule has 1 saturated heterocycles. The van der Waals surface area contributed by atoms with Crippen molar-refractivity contribution in [3.05, 3.63) is 83.6 Å². The third kappa shape index (κ3) is 6.13. The summed E-state index contributed by atoms with van der Waals surface area (Å²) in [7, 11) is 3.98. The Labute approximate surface area is 258 Å². The highest BCUT2D eigenvalue weighted by Crippen LogP contribution is 2.38. The molecule has 3 aromatic carbocycles. The van der Waals surface area contributed by atoms with Crippen molar-refractivity contribution in [1.82, 2.24) is 20.2 Å². The standard InChI is InChI=1S/C34H40N6O4/c1-34(32(41)42)23-35-14-16-40(34)31-28-13-15-39(21-29(28)36-33(37-31)43-18-17-38(2)3)30-20-26(19-25-11-7-8-12-27(25)30)44-22-24-9-5-4-6-10-24/h4-12,19-20,35H,13-18,21-23H2,1-3H3,(H,41,42). The Hall–Kier alpha value is -4.41. The van der Waals surface area contributed by atoms with Gasteiger partial charge >= 0.3 is 12.0 Å². The first-order chi connectivity index (χ1) is 21.3. The number of aromatic nitrogens is 2. The highest BCUT2D eigenvalue weighted by molar-refractivity contribution is 5.96. The van der Waals surface area contributed by atoms with Crippen molar-refractivity contribution in [2.24, 2.45) is 0 Å². The van der Waals surface area contributed by atoms with E-state index in [1.807, 2.05) is 48.2 Å². The maximum absolute atomic E-state index is 12.5. The molecule has 0 radical (unpaired) electrons. The Morgan fingerprint density at radius 1 is 1.05 bits per heavy atom. The van der Waals surface area contributed by atoms with E-state index in [0.717, 1.165) is 45.6 Å². The summed E-state index contributed by atoms with van der Waals surface area (Å²) in [6.07, 6.45) is 0.672. The van der Waals surface area contributed by atoms with Crippen LogP contribution in [0.15, 0.2) is 66.7 Å². The molecule has 0 amide bonds. The number of carboxylic acids is 1. The maximum Gasteiger partial charge on any atom is 0.330 e. The second-order valence-corrected chi connectivity index (χ2v) is 11.9. The number of nitrogens with one attached hydrogen (secondary N) is 1. The monoisotopic (exact) mass is 596 g/mol. The quantitative estimate of drug-likeness (QED) is 0.280. The number of piperazine rings is 1. The smallest absolute Gasteiger partial charge is 0.330 e. The molecule has 10 heteroatoms. The lowest BCUT2D eigenvalue weighted by Gasteiger charge is -2.44. The number of likely N-dealkylation sites (N-methyl/N-ethyl adjacent to an activating group) is 1. The van der Waals surface area contributed by atoms with E-state index in [1.165, 1.54) is 0 Å². The first kappa shape index (κ1) is 29.7. The third-order valence-electron chi connectivity index (χ3n) is 8.49. The van der Waals surface area contributed by atoms with Gasteiger partial charge in [-0.2, -0.15) is 9.97 Å². The van der Waals surface area contributed by atoms with E-state index < -0.39 is 11.5 Å². The van der Waals surface area contributed by atoms with Gasteiger partial charge in [0.25, 0.3) is 0 Å². The summed E-state index contributed by atoms with van der Waals surface area (Å²) in [6, 6.07) is 23.0. The minimum absolute atomic E-state index is 0.276. The Bertz CT molecular complexity index is 1630. The summed E-state index contributed by atoms with van der Waals surface area (Å²) < 4.78 is 12.3. The molecule has 1 unspecified atom stereocenters. The van der Waals surface area contributed by atoms with Crippen LogP contribution in [0, 0.1) is 0 Å². The lowest BCUT2D eigenvalue weighted by Crippen LogP contribution is -2.64. The first-order valence-corrected chi connectivity index (χ1v) is 15.2. The number of carbonyl (C=O) groups is 1. The average Bonchev–Trinajstić information content (AvgIpc) is 3.03. The van der Waals surface area contributed by atoms with Crippen LogP contribution in [-0.2, 0) is 24.4 Å². The molecule has 0 aliphatic carbocycles. The summed E-state index contributed by atoms with van der Waals surface area (Å²) in [6.45, 7) is 6.17. The summed E-state index contributed by atoms with van der Waals surface area (Å²) in [5.41, 5.74) is 2.88. The van der Waals surface area contributed by atoms with E-state index in [2.05, 4.69) is 52.7 Å². The fraction of sp³-hybridized carbons (Fsp3) is 0.382. The van der Waals surface area contributed by atoms with Crippen molar-refractivity contribution in [3.8, 4) is 11.8 Å². The fourth-order valence-corrected chi connectivity index (χ4v) is 5.95. The minimum atomic E-state index is -1.14. The van der Waals surface area contributed by atoms with Crippen LogP contribution in [0.2, 0.25) is 0 Å². The van der Waals surface area contributed by atoms with Crippen molar-refractivity contribution in [3.63, 3.8) is 0 Å². The average molecular weight is 597 g/mol. The Balaban J connectivity index is 1.36. The van der Waals surface area contributed by atoms with Gasteiger partial charge in [0, 0.05) is 55.4 Å². The van der Waals surface area contributed by atoms with Gasteiger partial charge in [-0.25, -0.2) is 4.79 Å². The molecule has 2 aliphatic rings. The Kier molecular flexibility index (Phi) is 8.54. The van der Waals surface area contributed by atoms with E-state index in [4.69, 9.17) is 19.4 Å². The number of fused-ring (bicyclic) bond motifs is 2. The van der Waals surface area contributed by atoms with Crippen LogP contribution in [0.25, 0.3) is 10.8 Å². The molecule has 2 N–H and O–H groups in total. The molecule has 6 rings (SSSR count). The SMILES string of the molecule is CN(C)CCOc1nc2c(c(N3CCNCC3(C)C(=O)O)n1)CCN(c1cc(OCc3ccccc3)cc3ccccc13)C2. The zero-order valence-corrected chi connectivity index (χ0v) is 25.6. The number of hydrogen-bond acceptors (Lipinski definition) is 9. The fourth-order valence-electron chi connectivity index (χ4n) is 5.95. The van der Waals surface area contributed by atoms with Crippen LogP contribution in [0.3, 0.4) is 0 Å². The summed E-state index contributed by atoms with van der Waals surface area (Å²) in [5.74, 6) is 0.580. The lowest BCUT2D eigenvalue weighted by atomic mass is 9.95. The zero-order valence-electron chi connectivity index (χ0n) is 25.6. The van der Waals surface area contributed by atoms with E-state index in [-0.39, 0.29) is 6.01 Å². The number of aliphatic carboxylic acids is 1. The number of anilines is 2. The lowest BCUT2D eigenvalue weighted by molar-refractivity contribution is -0.143. The third-order valence-corrected chi connectivity index (χ3v) is 8.49. The second-order valence-electron chi connectivity index (χ2n) is 11.9. The molecule has 230 valence electrons. The summed E-state index contributed by atoms with van der Waals surface area (Å²) in [4.78, 5) is 28.5. The predicted octanol–water partition coefficient (Wildman–Crippen LogP) is 3.96. The van der Waals surface area contributed by atoms with Crippen LogP contribution >= 0.6 is 0 Å². The molecule has 10 nitrogen and oxygen atoms in total. The van der Waals surface area contributed by atoms with Crippen LogP contribution in [0.1, 0.15) is 23.7 Å². The molecule has 1 atom stereocenters. The molecule has 0 spiro atoms. The van der Waals surface area contributed by atoms with Gasteiger partial charge in [-0.1, -0.05) is 54.6 Å². The highest BCUT2D eigenvalue weighted by atomic mass is 16.5. The van der Waals surface area contributed by atoms with Crippen LogP contribution < -0.4 is 24.6 Å². The van der Waals surface area contributed by atoms with Gasteiger partial charge in [-0.3, -0.25) is 0 Å². The van der Waals surface area contributed by atoms with E-state index in [0.29, 0.717) is 58.2 Å². The maximum atomic E-state index is 12.5. The molecule has 1 aromatic heterocycles. The first-order valence-electron chi connectivity index (χ1n) is 15.2. The molecule has 3 heterocycles. The number of hydrogen-bond donors (Lipinski definition) is 2. The van der Waals surface area contributed by atoms with E-state index >= 15 is 0 Å². The predicted molar refractivity (Wildman–Crippen MR) is 172 cm³/mol. The minimum Gasteiger partial charge on any atom is -0.489 e. The molecule has 4 aromatic rings. The Morgan fingerprint density at radius 2 is 1.84 bits per heavy atom. The van der Waals surface area contributed by atoms with Crippen molar-refractivity contribution < 1.29 is 19.4 Å². The zero-order chi connectivity index (χ0) is 30.7. The second kappa shape index (κ2) is 12.7. The van der Waals surface area contributed by atoms with Crippen molar-refractivity contribution in [1.29, 1.82) is 0 Å². The molecular weight excluding hydrogens is 556 g/mol. The highest BCUT2D eigenvalue weighted by Gasteiger charge is 2.44. The topological polar surface area (TPSA) is 103 Å². The summed E-state index contributed by atoms with van der Waals surface area (Å²) >= 11 is 0. The van der Waals surface area contributed by atoms with Crippen molar-refractivity contribution in [2.75, 3.05) is 63.2 Å². The van der Waals surface area contributed by atoms with Gasteiger partial charge in [0.15, 0.2) is 0 Å². The van der Waals surface area contributed by atoms with Crippen LogP contribution in [0.5, 0.6) is 11.8 Å². The molecule has 0 saturated carbocycles. The van der Waals surface area contributed by atoms with Crippen LogP contribution in [0.4, 0.5) is 11.5 Å². The largest absolute Gasteiger partial charge is 0.489 e.